The first-order chi connectivity index (χ1) is 22.9. The Morgan fingerprint density at radius 1 is 0.688 bits per heavy atom. The minimum atomic E-state index is -1.13. The average molecular weight is 641 g/mol. The fraction of sp³-hybridized carbons (Fsp3) is 0.302. The van der Waals surface area contributed by atoms with Crippen molar-refractivity contribution in [3.05, 3.63) is 125 Å². The number of aliphatic hydroxyl groups is 1. The molecule has 1 aliphatic heterocycles. The van der Waals surface area contributed by atoms with Crippen LogP contribution in [0.5, 0.6) is 23.0 Å². The summed E-state index contributed by atoms with van der Waals surface area (Å²) < 4.78 is 25.2. The monoisotopic (exact) mass is 640 g/mol. The lowest BCUT2D eigenvalue weighted by Crippen LogP contribution is -2.46. The smallest absolute Gasteiger partial charge is 0.178 e. The SMILES string of the molecule is COc1ccc2c3c(c4c(c2c1)OC(c1ccc(OC(C)C)cc1)(c1ccc(OC(C)C)cc1)C=C4)C(C)(C)C(C)(O)c1ccccc1-3. The number of ether oxygens (including phenoxy) is 4. The van der Waals surface area contributed by atoms with Crippen molar-refractivity contribution >= 4 is 16.8 Å². The molecule has 1 unspecified atom stereocenters. The van der Waals surface area contributed by atoms with Crippen LogP contribution in [0.1, 0.15) is 76.3 Å². The maximum absolute atomic E-state index is 12.3. The highest BCUT2D eigenvalue weighted by Gasteiger charge is 2.51. The molecule has 1 aliphatic carbocycles. The third kappa shape index (κ3) is 4.86. The van der Waals surface area contributed by atoms with Gasteiger partial charge in [0.25, 0.3) is 0 Å². The maximum atomic E-state index is 12.3. The molecule has 0 saturated heterocycles. The fourth-order valence-electron chi connectivity index (χ4n) is 7.47. The van der Waals surface area contributed by atoms with Gasteiger partial charge in [-0.2, -0.15) is 0 Å². The van der Waals surface area contributed by atoms with Crippen LogP contribution in [0.15, 0.2) is 97.1 Å². The summed E-state index contributed by atoms with van der Waals surface area (Å²) in [5, 5.41) is 14.3. The summed E-state index contributed by atoms with van der Waals surface area (Å²) in [6, 6.07) is 30.8. The summed E-state index contributed by atoms with van der Waals surface area (Å²) >= 11 is 0. The van der Waals surface area contributed by atoms with Gasteiger partial charge in [-0.25, -0.2) is 0 Å². The maximum Gasteiger partial charge on any atom is 0.178 e. The third-order valence-electron chi connectivity index (χ3n) is 10.1. The van der Waals surface area contributed by atoms with Gasteiger partial charge in [-0.1, -0.05) is 68.5 Å². The Morgan fingerprint density at radius 2 is 1.25 bits per heavy atom. The second-order valence-corrected chi connectivity index (χ2v) is 14.2. The van der Waals surface area contributed by atoms with Gasteiger partial charge in [0.15, 0.2) is 5.60 Å². The molecule has 0 fully saturated rings. The molecule has 0 radical (unpaired) electrons. The van der Waals surface area contributed by atoms with E-state index in [0.29, 0.717) is 0 Å². The summed E-state index contributed by atoms with van der Waals surface area (Å²) in [5.74, 6) is 3.10. The van der Waals surface area contributed by atoms with Crippen molar-refractivity contribution in [2.24, 2.45) is 0 Å². The van der Waals surface area contributed by atoms with Crippen LogP contribution in [0.2, 0.25) is 0 Å². The van der Waals surface area contributed by atoms with Crippen molar-refractivity contribution in [3.63, 3.8) is 0 Å². The summed E-state index contributed by atoms with van der Waals surface area (Å²) in [4.78, 5) is 0. The lowest BCUT2D eigenvalue weighted by Gasteiger charge is -2.49. The van der Waals surface area contributed by atoms with E-state index in [1.807, 2.05) is 83.1 Å². The third-order valence-corrected chi connectivity index (χ3v) is 10.1. The Morgan fingerprint density at radius 3 is 1.81 bits per heavy atom. The molecule has 2 aliphatic rings. The first kappa shape index (κ1) is 31.8. The van der Waals surface area contributed by atoms with Gasteiger partial charge < -0.3 is 24.1 Å². The van der Waals surface area contributed by atoms with Crippen LogP contribution in [0, 0.1) is 0 Å². The molecule has 5 aromatic carbocycles. The van der Waals surface area contributed by atoms with E-state index < -0.39 is 16.6 Å². The minimum Gasteiger partial charge on any atom is -0.497 e. The Labute approximate surface area is 283 Å². The van der Waals surface area contributed by atoms with Crippen LogP contribution >= 0.6 is 0 Å². The summed E-state index contributed by atoms with van der Waals surface area (Å²) in [6.45, 7) is 14.3. The molecule has 1 heterocycles. The number of benzene rings is 5. The van der Waals surface area contributed by atoms with E-state index in [2.05, 4.69) is 68.5 Å². The lowest BCUT2D eigenvalue weighted by atomic mass is 9.59. The van der Waals surface area contributed by atoms with E-state index >= 15 is 0 Å². The van der Waals surface area contributed by atoms with Gasteiger partial charge in [-0.05, 0) is 111 Å². The zero-order valence-electron chi connectivity index (χ0n) is 29.0. The van der Waals surface area contributed by atoms with Crippen molar-refractivity contribution in [2.75, 3.05) is 7.11 Å². The molecule has 0 aromatic heterocycles. The highest BCUT2D eigenvalue weighted by molar-refractivity contribution is 6.07. The number of fused-ring (bicyclic) bond motifs is 8. The lowest BCUT2D eigenvalue weighted by molar-refractivity contribution is -0.0153. The summed E-state index contributed by atoms with van der Waals surface area (Å²) in [7, 11) is 1.69. The molecule has 5 nitrogen and oxygen atoms in total. The van der Waals surface area contributed by atoms with Crippen molar-refractivity contribution in [2.45, 2.75) is 77.3 Å². The molecule has 0 amide bonds. The predicted molar refractivity (Wildman–Crippen MR) is 193 cm³/mol. The zero-order valence-corrected chi connectivity index (χ0v) is 29.0. The quantitative estimate of drug-likeness (QED) is 0.192. The van der Waals surface area contributed by atoms with Gasteiger partial charge >= 0.3 is 0 Å². The first-order valence-electron chi connectivity index (χ1n) is 16.8. The van der Waals surface area contributed by atoms with Crippen LogP contribution in [0.25, 0.3) is 28.0 Å². The molecule has 7 rings (SSSR count). The Kier molecular flexibility index (Phi) is 7.60. The topological polar surface area (TPSA) is 57.2 Å². The fourth-order valence-corrected chi connectivity index (χ4v) is 7.47. The number of rotatable bonds is 7. The minimum absolute atomic E-state index is 0.0641. The predicted octanol–water partition coefficient (Wildman–Crippen LogP) is 9.94. The van der Waals surface area contributed by atoms with Crippen LogP contribution in [-0.2, 0) is 16.6 Å². The normalized spacial score (nSPS) is 18.6. The summed E-state index contributed by atoms with van der Waals surface area (Å²) in [5.41, 5.74) is 4.24. The number of methoxy groups -OCH3 is 1. The second-order valence-electron chi connectivity index (χ2n) is 14.2. The Hall–Kier alpha value is -4.74. The molecule has 1 N–H and O–H groups in total. The molecule has 5 aromatic rings. The molecule has 246 valence electrons. The van der Waals surface area contributed by atoms with Crippen LogP contribution in [0.3, 0.4) is 0 Å². The highest BCUT2D eigenvalue weighted by Crippen LogP contribution is 2.59. The Bertz CT molecular complexity index is 1980. The van der Waals surface area contributed by atoms with E-state index in [-0.39, 0.29) is 12.2 Å². The highest BCUT2D eigenvalue weighted by atomic mass is 16.5. The zero-order chi connectivity index (χ0) is 34.0. The van der Waals surface area contributed by atoms with E-state index in [1.165, 1.54) is 0 Å². The van der Waals surface area contributed by atoms with Crippen molar-refractivity contribution < 1.29 is 24.1 Å². The van der Waals surface area contributed by atoms with E-state index in [9.17, 15) is 5.11 Å². The second kappa shape index (κ2) is 11.5. The van der Waals surface area contributed by atoms with E-state index in [0.717, 1.165) is 72.7 Å². The van der Waals surface area contributed by atoms with Crippen molar-refractivity contribution in [1.29, 1.82) is 0 Å². The molecule has 0 spiro atoms. The van der Waals surface area contributed by atoms with Crippen LogP contribution in [-0.4, -0.2) is 24.4 Å². The molecule has 48 heavy (non-hydrogen) atoms. The molecule has 5 heteroatoms. The molecule has 0 bridgehead atoms. The van der Waals surface area contributed by atoms with Gasteiger partial charge in [0, 0.05) is 27.5 Å². The molecule has 1 atom stereocenters. The van der Waals surface area contributed by atoms with E-state index in [4.69, 9.17) is 18.9 Å². The Balaban J connectivity index is 1.52. The van der Waals surface area contributed by atoms with Crippen molar-refractivity contribution in [3.8, 4) is 34.1 Å². The number of hydrogen-bond acceptors (Lipinski definition) is 5. The molecule has 0 saturated carbocycles. The molecular weight excluding hydrogens is 596 g/mol. The van der Waals surface area contributed by atoms with Gasteiger partial charge in [-0.3, -0.25) is 0 Å². The van der Waals surface area contributed by atoms with Crippen LogP contribution < -0.4 is 18.9 Å². The number of hydrogen-bond donors (Lipinski definition) is 1. The first-order valence-corrected chi connectivity index (χ1v) is 16.8. The van der Waals surface area contributed by atoms with E-state index in [1.54, 1.807) is 7.11 Å². The molecular formula is C43H44O5. The van der Waals surface area contributed by atoms with Gasteiger partial charge in [0.1, 0.15) is 23.0 Å². The van der Waals surface area contributed by atoms with Crippen LogP contribution in [0.4, 0.5) is 0 Å². The van der Waals surface area contributed by atoms with Gasteiger partial charge in [-0.15, -0.1) is 0 Å². The largest absolute Gasteiger partial charge is 0.497 e. The van der Waals surface area contributed by atoms with Gasteiger partial charge in [0.2, 0.25) is 0 Å². The average Bonchev–Trinajstić information content (AvgIpc) is 3.06. The van der Waals surface area contributed by atoms with Gasteiger partial charge in [0.05, 0.1) is 24.9 Å². The standard InChI is InChI=1S/C43H44O5/c1-26(2)46-30-17-13-28(14-18-30)43(29-15-19-31(20-16-29)47-27(3)4)24-23-35-39-38(33-22-21-32(45-8)25-36(33)40(35)48-43)34-11-9-10-12-37(34)42(7,44)41(39,5)6/h9-27,44H,1-8H3. The summed E-state index contributed by atoms with van der Waals surface area (Å²) in [6.07, 6.45) is 4.48. The van der Waals surface area contributed by atoms with Crippen molar-refractivity contribution in [1.82, 2.24) is 0 Å².